The van der Waals surface area contributed by atoms with Gasteiger partial charge in [-0.3, -0.25) is 9.59 Å². The van der Waals surface area contributed by atoms with Gasteiger partial charge in [0.25, 0.3) is 5.91 Å². The smallest absolute Gasteiger partial charge is 0.257 e. The number of amides is 2. The van der Waals surface area contributed by atoms with Gasteiger partial charge in [-0.25, -0.2) is 9.97 Å². The maximum atomic E-state index is 13.3. The van der Waals surface area contributed by atoms with Crippen LogP contribution < -0.4 is 4.74 Å². The Kier molecular flexibility index (Phi) is 7.91. The Morgan fingerprint density at radius 3 is 2.43 bits per heavy atom. The monoisotopic (exact) mass is 499 g/mol. The standard InChI is InChI=1S/C26H34ClN5O3/c1-19-23(17-28-20(2)29-19)25(34)32-9-7-26(8-10-32,18-35-22-6-4-5-21(27)15-22)16-24(33)31-13-11-30(3)12-14-31/h4-6,15,17H,7-14,16,18H2,1-3H3. The topological polar surface area (TPSA) is 78.9 Å². The first-order valence-corrected chi connectivity index (χ1v) is 12.6. The highest BCUT2D eigenvalue weighted by Gasteiger charge is 2.40. The van der Waals surface area contributed by atoms with E-state index < -0.39 is 0 Å². The van der Waals surface area contributed by atoms with Crippen molar-refractivity contribution in [2.24, 2.45) is 5.41 Å². The van der Waals surface area contributed by atoms with Crippen LogP contribution in [0.25, 0.3) is 0 Å². The van der Waals surface area contributed by atoms with Crippen molar-refractivity contribution in [3.63, 3.8) is 0 Å². The number of halogens is 1. The molecule has 0 N–H and O–H groups in total. The quantitative estimate of drug-likeness (QED) is 0.607. The van der Waals surface area contributed by atoms with Gasteiger partial charge >= 0.3 is 0 Å². The Morgan fingerprint density at radius 1 is 1.06 bits per heavy atom. The number of hydrogen-bond acceptors (Lipinski definition) is 6. The van der Waals surface area contributed by atoms with Crippen LogP contribution in [0.15, 0.2) is 30.5 Å². The number of rotatable bonds is 6. The molecule has 2 fully saturated rings. The number of piperazine rings is 1. The molecule has 9 heteroatoms. The zero-order valence-electron chi connectivity index (χ0n) is 20.8. The van der Waals surface area contributed by atoms with Crippen LogP contribution in [0, 0.1) is 19.3 Å². The summed E-state index contributed by atoms with van der Waals surface area (Å²) in [5.74, 6) is 1.44. The van der Waals surface area contributed by atoms with Crippen LogP contribution in [0.2, 0.25) is 5.02 Å². The third kappa shape index (κ3) is 6.30. The third-order valence-electron chi connectivity index (χ3n) is 7.16. The van der Waals surface area contributed by atoms with Gasteiger partial charge in [0.2, 0.25) is 5.91 Å². The number of aryl methyl sites for hydroxylation is 2. The summed E-state index contributed by atoms with van der Waals surface area (Å²) in [7, 11) is 2.08. The van der Waals surface area contributed by atoms with Crippen molar-refractivity contribution in [2.75, 3.05) is 52.9 Å². The van der Waals surface area contributed by atoms with E-state index in [9.17, 15) is 9.59 Å². The second-order valence-electron chi connectivity index (χ2n) is 9.82. The summed E-state index contributed by atoms with van der Waals surface area (Å²) in [4.78, 5) is 41.1. The summed E-state index contributed by atoms with van der Waals surface area (Å²) in [6.45, 7) is 8.44. The van der Waals surface area contributed by atoms with E-state index in [1.54, 1.807) is 12.3 Å². The van der Waals surface area contributed by atoms with Crippen molar-refractivity contribution in [3.8, 4) is 5.75 Å². The predicted molar refractivity (Wildman–Crippen MR) is 135 cm³/mol. The summed E-state index contributed by atoms with van der Waals surface area (Å²) in [5, 5.41) is 0.612. The molecule has 0 spiro atoms. The highest BCUT2D eigenvalue weighted by atomic mass is 35.5. The highest BCUT2D eigenvalue weighted by Crippen LogP contribution is 2.37. The molecule has 0 aliphatic carbocycles. The molecule has 35 heavy (non-hydrogen) atoms. The van der Waals surface area contributed by atoms with E-state index in [2.05, 4.69) is 21.9 Å². The number of ether oxygens (including phenoxy) is 1. The number of likely N-dealkylation sites (tertiary alicyclic amines) is 1. The number of hydrogen-bond donors (Lipinski definition) is 0. The summed E-state index contributed by atoms with van der Waals surface area (Å²) in [6, 6.07) is 7.33. The predicted octanol–water partition coefficient (Wildman–Crippen LogP) is 3.21. The molecule has 0 unspecified atom stereocenters. The van der Waals surface area contributed by atoms with E-state index >= 15 is 0 Å². The van der Waals surface area contributed by atoms with Gasteiger partial charge in [0.05, 0.1) is 17.9 Å². The Labute approximate surface area is 212 Å². The lowest BCUT2D eigenvalue weighted by atomic mass is 9.75. The molecular formula is C26H34ClN5O3. The van der Waals surface area contributed by atoms with Gasteiger partial charge in [-0.15, -0.1) is 0 Å². The molecule has 0 saturated carbocycles. The van der Waals surface area contributed by atoms with Crippen molar-refractivity contribution in [1.29, 1.82) is 0 Å². The minimum Gasteiger partial charge on any atom is -0.493 e. The molecule has 2 aliphatic rings. The van der Waals surface area contributed by atoms with Crippen molar-refractivity contribution in [1.82, 2.24) is 24.7 Å². The Hall–Kier alpha value is -2.71. The van der Waals surface area contributed by atoms with Gasteiger partial charge in [0.15, 0.2) is 0 Å². The summed E-state index contributed by atoms with van der Waals surface area (Å²) < 4.78 is 6.16. The maximum absolute atomic E-state index is 13.3. The van der Waals surface area contributed by atoms with Crippen LogP contribution in [-0.4, -0.2) is 89.4 Å². The Balaban J connectivity index is 1.46. The van der Waals surface area contributed by atoms with Gasteiger partial charge in [0, 0.05) is 62.3 Å². The Morgan fingerprint density at radius 2 is 1.77 bits per heavy atom. The van der Waals surface area contributed by atoms with E-state index in [4.69, 9.17) is 16.3 Å². The summed E-state index contributed by atoms with van der Waals surface area (Å²) in [5.41, 5.74) is 0.874. The molecule has 4 rings (SSSR count). The molecule has 0 atom stereocenters. The molecular weight excluding hydrogens is 466 g/mol. The van der Waals surface area contributed by atoms with E-state index in [1.807, 2.05) is 41.8 Å². The minimum atomic E-state index is -0.349. The fourth-order valence-electron chi connectivity index (χ4n) is 4.80. The van der Waals surface area contributed by atoms with E-state index in [1.165, 1.54) is 0 Å². The third-order valence-corrected chi connectivity index (χ3v) is 7.40. The number of benzene rings is 1. The first-order chi connectivity index (χ1) is 16.7. The average molecular weight is 500 g/mol. The molecule has 2 saturated heterocycles. The van der Waals surface area contributed by atoms with Crippen LogP contribution in [0.3, 0.4) is 0 Å². The average Bonchev–Trinajstić information content (AvgIpc) is 2.83. The van der Waals surface area contributed by atoms with Crippen LogP contribution in [0.4, 0.5) is 0 Å². The molecule has 8 nitrogen and oxygen atoms in total. The van der Waals surface area contributed by atoms with Gasteiger partial charge in [-0.2, -0.15) is 0 Å². The normalized spacial score (nSPS) is 18.4. The molecule has 188 valence electrons. The minimum absolute atomic E-state index is 0.0581. The lowest BCUT2D eigenvalue weighted by Gasteiger charge is -2.42. The number of aromatic nitrogens is 2. The van der Waals surface area contributed by atoms with Crippen LogP contribution in [0.1, 0.15) is 41.1 Å². The van der Waals surface area contributed by atoms with E-state index in [0.717, 1.165) is 26.2 Å². The Bertz CT molecular complexity index is 1060. The summed E-state index contributed by atoms with van der Waals surface area (Å²) in [6.07, 6.45) is 3.39. The molecule has 2 amide bonds. The first-order valence-electron chi connectivity index (χ1n) is 12.2. The van der Waals surface area contributed by atoms with Gasteiger partial charge in [-0.05, 0) is 51.9 Å². The van der Waals surface area contributed by atoms with E-state index in [0.29, 0.717) is 66.8 Å². The zero-order valence-corrected chi connectivity index (χ0v) is 21.6. The van der Waals surface area contributed by atoms with E-state index in [-0.39, 0.29) is 17.2 Å². The second kappa shape index (κ2) is 10.9. The number of carbonyl (C=O) groups is 2. The molecule has 0 bridgehead atoms. The first kappa shape index (κ1) is 25.4. The largest absolute Gasteiger partial charge is 0.493 e. The number of nitrogens with zero attached hydrogens (tertiary/aromatic N) is 5. The number of likely N-dealkylation sites (N-methyl/N-ethyl adjacent to an activating group) is 1. The zero-order chi connectivity index (χ0) is 25.0. The highest BCUT2D eigenvalue weighted by molar-refractivity contribution is 6.30. The fraction of sp³-hybridized carbons (Fsp3) is 0.538. The van der Waals surface area contributed by atoms with Crippen molar-refractivity contribution >= 4 is 23.4 Å². The van der Waals surface area contributed by atoms with Crippen LogP contribution in [0.5, 0.6) is 5.75 Å². The number of carbonyl (C=O) groups excluding carboxylic acids is 2. The van der Waals surface area contributed by atoms with Crippen molar-refractivity contribution in [3.05, 3.63) is 52.6 Å². The molecule has 3 heterocycles. The van der Waals surface area contributed by atoms with Gasteiger partial charge < -0.3 is 19.4 Å². The second-order valence-corrected chi connectivity index (χ2v) is 10.3. The molecule has 1 aromatic carbocycles. The van der Waals surface area contributed by atoms with Crippen molar-refractivity contribution < 1.29 is 14.3 Å². The number of piperidine rings is 1. The maximum Gasteiger partial charge on any atom is 0.257 e. The fourth-order valence-corrected chi connectivity index (χ4v) is 4.98. The van der Waals surface area contributed by atoms with Gasteiger partial charge in [0.1, 0.15) is 11.6 Å². The summed E-state index contributed by atoms with van der Waals surface area (Å²) >= 11 is 6.13. The van der Waals surface area contributed by atoms with Crippen molar-refractivity contribution in [2.45, 2.75) is 33.1 Å². The lowest BCUT2D eigenvalue weighted by Crippen LogP contribution is -2.51. The van der Waals surface area contributed by atoms with Crippen LogP contribution in [-0.2, 0) is 4.79 Å². The SMILES string of the molecule is Cc1ncc(C(=O)N2CCC(COc3cccc(Cl)c3)(CC(=O)N3CCN(C)CC3)CC2)c(C)n1. The molecule has 2 aromatic rings. The van der Waals surface area contributed by atoms with Crippen LogP contribution >= 0.6 is 11.6 Å². The van der Waals surface area contributed by atoms with Gasteiger partial charge in [-0.1, -0.05) is 17.7 Å². The lowest BCUT2D eigenvalue weighted by molar-refractivity contribution is -0.136. The molecule has 1 aromatic heterocycles. The molecule has 0 radical (unpaired) electrons. The molecule has 2 aliphatic heterocycles.